The van der Waals surface area contributed by atoms with Gasteiger partial charge in [0.15, 0.2) is 0 Å². The first-order chi connectivity index (χ1) is 5.46. The zero-order valence-electron chi connectivity index (χ0n) is 6.80. The first-order valence-electron chi connectivity index (χ1n) is 3.24. The van der Waals surface area contributed by atoms with Crippen LogP contribution in [0.3, 0.4) is 0 Å². The molecule has 5 heteroatoms. The molecule has 64 valence electrons. The minimum Gasteiger partial charge on any atom is -0.240 e. The second kappa shape index (κ2) is 2.51. The maximum Gasteiger partial charge on any atom is 0.502 e. The first-order valence-corrected chi connectivity index (χ1v) is 3.24. The van der Waals surface area contributed by atoms with Crippen molar-refractivity contribution in [3.63, 3.8) is 0 Å². The van der Waals surface area contributed by atoms with Crippen LogP contribution in [0.15, 0.2) is 12.2 Å². The van der Waals surface area contributed by atoms with Gasteiger partial charge in [0, 0.05) is 0 Å². The van der Waals surface area contributed by atoms with Crippen LogP contribution in [0.5, 0.6) is 0 Å². The van der Waals surface area contributed by atoms with E-state index in [0.717, 1.165) is 9.48 Å². The summed E-state index contributed by atoms with van der Waals surface area (Å²) in [5.74, 6) is -1.58. The third kappa shape index (κ3) is 0.939. The van der Waals surface area contributed by atoms with Crippen LogP contribution in [0, 0.1) is 0 Å². The minimum atomic E-state index is -0.886. The third-order valence-corrected chi connectivity index (χ3v) is 1.68. The molecule has 0 saturated carbocycles. The van der Waals surface area contributed by atoms with Gasteiger partial charge in [-0.25, -0.2) is 4.79 Å². The Kier molecular flexibility index (Phi) is 1.79. The summed E-state index contributed by atoms with van der Waals surface area (Å²) < 4.78 is 13.7. The number of hydrogen-bond acceptors (Lipinski definition) is 2. The molecule has 0 aliphatic carbocycles. The zero-order chi connectivity index (χ0) is 9.46. The standard InChI is InChI=1S/C7H8FN2O2/c1-4-5(8)9(2)7(12)10(3)6(4)11/h1H2,2-3H3/q+1. The fourth-order valence-electron chi connectivity index (χ4n) is 0.889. The molecule has 3 amide bonds. The average molecular weight is 171 g/mol. The van der Waals surface area contributed by atoms with E-state index in [1.54, 1.807) is 0 Å². The topological polar surface area (TPSA) is 40.4 Å². The van der Waals surface area contributed by atoms with Gasteiger partial charge < -0.3 is 0 Å². The molecule has 0 aromatic carbocycles. The van der Waals surface area contributed by atoms with Crippen molar-refractivity contribution < 1.29 is 18.6 Å². The smallest absolute Gasteiger partial charge is 0.240 e. The van der Waals surface area contributed by atoms with E-state index in [-0.39, 0.29) is 5.57 Å². The third-order valence-electron chi connectivity index (χ3n) is 1.68. The fourth-order valence-corrected chi connectivity index (χ4v) is 0.889. The molecule has 12 heavy (non-hydrogen) atoms. The van der Waals surface area contributed by atoms with Crippen LogP contribution >= 0.6 is 0 Å². The molecule has 0 saturated heterocycles. The lowest BCUT2D eigenvalue weighted by Crippen LogP contribution is -2.46. The Hall–Kier alpha value is -1.52. The van der Waals surface area contributed by atoms with E-state index in [1.807, 2.05) is 0 Å². The van der Waals surface area contributed by atoms with Gasteiger partial charge in [-0.1, -0.05) is 6.58 Å². The van der Waals surface area contributed by atoms with Crippen molar-refractivity contribution in [1.29, 1.82) is 0 Å². The molecule has 1 rings (SSSR count). The number of urea groups is 1. The molecule has 1 aliphatic rings. The molecule has 4 nitrogen and oxygen atoms in total. The largest absolute Gasteiger partial charge is 0.502 e. The predicted molar refractivity (Wildman–Crippen MR) is 39.6 cm³/mol. The van der Waals surface area contributed by atoms with Crippen LogP contribution in [0.2, 0.25) is 0 Å². The summed E-state index contributed by atoms with van der Waals surface area (Å²) in [7, 11) is 2.52. The highest BCUT2D eigenvalue weighted by Crippen LogP contribution is 2.09. The molecule has 1 heterocycles. The summed E-state index contributed by atoms with van der Waals surface area (Å²) in [4.78, 5) is 22.8. The lowest BCUT2D eigenvalue weighted by Gasteiger charge is -2.13. The monoisotopic (exact) mass is 171 g/mol. The molecule has 1 aliphatic heterocycles. The van der Waals surface area contributed by atoms with Gasteiger partial charge in [-0.15, -0.1) is 0 Å². The van der Waals surface area contributed by atoms with E-state index >= 15 is 0 Å². The maximum atomic E-state index is 12.9. The Balaban J connectivity index is 3.27. The van der Waals surface area contributed by atoms with E-state index in [2.05, 4.69) is 6.58 Å². The van der Waals surface area contributed by atoms with Crippen molar-refractivity contribution in [2.45, 2.75) is 0 Å². The Morgan fingerprint density at radius 3 is 2.50 bits per heavy atom. The van der Waals surface area contributed by atoms with Crippen LogP contribution in [-0.2, 0) is 4.79 Å². The first kappa shape index (κ1) is 8.58. The van der Waals surface area contributed by atoms with Gasteiger partial charge in [0.05, 0.1) is 14.1 Å². The van der Waals surface area contributed by atoms with E-state index in [9.17, 15) is 14.0 Å². The molecule has 0 aromatic rings. The minimum absolute atomic E-state index is 0.292. The number of carbonyl (C=O) groups is 2. The van der Waals surface area contributed by atoms with Crippen LogP contribution in [0.1, 0.15) is 0 Å². The number of carbonyl (C=O) groups excluding carboxylic acids is 2. The zero-order valence-corrected chi connectivity index (χ0v) is 6.80. The Morgan fingerprint density at radius 2 is 2.00 bits per heavy atom. The summed E-state index contributed by atoms with van der Waals surface area (Å²) in [6, 6.07) is -0.690. The maximum absolute atomic E-state index is 12.9. The molecule has 0 N–H and O–H groups in total. The second-order valence-electron chi connectivity index (χ2n) is 2.48. The highest BCUT2D eigenvalue weighted by Gasteiger charge is 2.39. The summed E-state index contributed by atoms with van der Waals surface area (Å²) in [5, 5.41) is 0. The number of amides is 3. The quantitative estimate of drug-likeness (QED) is 0.384. The lowest BCUT2D eigenvalue weighted by molar-refractivity contribution is -0.408. The van der Waals surface area contributed by atoms with E-state index in [0.29, 0.717) is 0 Å². The SMILES string of the molecule is C=C1C(=O)N(C)C(=O)[N+](C)=C1F. The van der Waals surface area contributed by atoms with Crippen LogP contribution < -0.4 is 0 Å². The van der Waals surface area contributed by atoms with Gasteiger partial charge in [0.1, 0.15) is 5.57 Å². The molecule has 0 bridgehead atoms. The van der Waals surface area contributed by atoms with Crippen molar-refractivity contribution >= 4 is 17.9 Å². The number of nitrogens with zero attached hydrogens (tertiary/aromatic N) is 2. The summed E-state index contributed by atoms with van der Waals surface area (Å²) >= 11 is 0. The molecule has 0 spiro atoms. The molecular formula is C7H8FN2O2+. The highest BCUT2D eigenvalue weighted by molar-refractivity contribution is 6.21. The molecule has 0 fully saturated rings. The molecule has 0 atom stereocenters. The number of imide groups is 1. The van der Waals surface area contributed by atoms with E-state index in [4.69, 9.17) is 0 Å². The summed E-state index contributed by atoms with van der Waals surface area (Å²) in [5.41, 5.74) is -0.292. The number of likely N-dealkylation sites (N-methyl/N-ethyl adjacent to an activating group) is 1. The van der Waals surface area contributed by atoms with Gasteiger partial charge in [-0.2, -0.15) is 18.7 Å². The molecule has 0 radical (unpaired) electrons. The Morgan fingerprint density at radius 1 is 1.50 bits per heavy atom. The Labute approximate surface area is 68.6 Å². The normalized spacial score (nSPS) is 19.2. The van der Waals surface area contributed by atoms with Crippen LogP contribution in [0.25, 0.3) is 0 Å². The molecule has 0 aromatic heterocycles. The van der Waals surface area contributed by atoms with Crippen LogP contribution in [-0.4, -0.2) is 41.5 Å². The second-order valence-corrected chi connectivity index (χ2v) is 2.48. The van der Waals surface area contributed by atoms with E-state index in [1.165, 1.54) is 14.1 Å². The number of hydrogen-bond donors (Lipinski definition) is 0. The van der Waals surface area contributed by atoms with Gasteiger partial charge in [0.25, 0.3) is 5.97 Å². The van der Waals surface area contributed by atoms with Crippen molar-refractivity contribution in [3.8, 4) is 0 Å². The fraction of sp³-hybridized carbons (Fsp3) is 0.286. The lowest BCUT2D eigenvalue weighted by atomic mass is 10.2. The van der Waals surface area contributed by atoms with Gasteiger partial charge in [-0.05, 0) is 0 Å². The number of halogens is 1. The van der Waals surface area contributed by atoms with Crippen molar-refractivity contribution in [3.05, 3.63) is 12.2 Å². The predicted octanol–water partition coefficient (Wildman–Crippen LogP) is 0.145. The van der Waals surface area contributed by atoms with Gasteiger partial charge in [0.2, 0.25) is 0 Å². The highest BCUT2D eigenvalue weighted by atomic mass is 19.1. The molecular weight excluding hydrogens is 163 g/mol. The van der Waals surface area contributed by atoms with Crippen molar-refractivity contribution in [2.75, 3.05) is 14.1 Å². The average Bonchev–Trinajstić information content (AvgIpc) is 2.08. The number of rotatable bonds is 0. The van der Waals surface area contributed by atoms with Gasteiger partial charge >= 0.3 is 11.9 Å². The van der Waals surface area contributed by atoms with Crippen molar-refractivity contribution in [1.82, 2.24) is 4.90 Å². The van der Waals surface area contributed by atoms with Gasteiger partial charge in [-0.3, -0.25) is 0 Å². The summed E-state index contributed by atoms with van der Waals surface area (Å²) in [6.07, 6.45) is 0. The molecule has 0 unspecified atom stereocenters. The van der Waals surface area contributed by atoms with Crippen molar-refractivity contribution in [2.24, 2.45) is 0 Å². The summed E-state index contributed by atoms with van der Waals surface area (Å²) in [6.45, 7) is 3.21. The van der Waals surface area contributed by atoms with Crippen LogP contribution in [0.4, 0.5) is 9.18 Å². The Bertz CT molecular complexity index is 319. The van der Waals surface area contributed by atoms with E-state index < -0.39 is 17.9 Å².